The van der Waals surface area contributed by atoms with E-state index in [2.05, 4.69) is 30.4 Å². The van der Waals surface area contributed by atoms with Gasteiger partial charge in [0.25, 0.3) is 0 Å². The van der Waals surface area contributed by atoms with Crippen LogP contribution in [-0.2, 0) is 6.42 Å². The Labute approximate surface area is 108 Å². The minimum absolute atomic E-state index is 0.723. The Hall–Kier alpha value is -2.29. The number of hydrogen-bond donors (Lipinski definition) is 1. The molecule has 3 nitrogen and oxygen atoms in total. The standard InChI is InChI=1S/C15H17N3/c1-4-6-13-7-5-8-15-14(13)10-9-11(2)18(15)12(3)17-16/h4-5,7-10H,1-2,6,16H2,3H3/b17-12-. The van der Waals surface area contributed by atoms with Gasteiger partial charge in [0.05, 0.1) is 5.69 Å². The van der Waals surface area contributed by atoms with Gasteiger partial charge >= 0.3 is 0 Å². The lowest BCUT2D eigenvalue weighted by molar-refractivity contribution is 1.14. The molecule has 1 aromatic rings. The molecule has 0 saturated heterocycles. The zero-order valence-corrected chi connectivity index (χ0v) is 10.6. The maximum atomic E-state index is 5.38. The number of nitrogens with two attached hydrogens (primary N) is 1. The van der Waals surface area contributed by atoms with Gasteiger partial charge in [-0.15, -0.1) is 6.58 Å². The third-order valence-corrected chi connectivity index (χ3v) is 3.02. The first-order chi connectivity index (χ1) is 8.69. The van der Waals surface area contributed by atoms with Crippen molar-refractivity contribution in [2.45, 2.75) is 13.3 Å². The van der Waals surface area contributed by atoms with Crippen LogP contribution in [0.1, 0.15) is 18.1 Å². The van der Waals surface area contributed by atoms with Crippen molar-refractivity contribution in [1.29, 1.82) is 0 Å². The van der Waals surface area contributed by atoms with Gasteiger partial charge in [-0.05, 0) is 31.1 Å². The van der Waals surface area contributed by atoms with Gasteiger partial charge in [0.2, 0.25) is 0 Å². The van der Waals surface area contributed by atoms with Gasteiger partial charge in [-0.1, -0.05) is 30.9 Å². The van der Waals surface area contributed by atoms with Crippen LogP contribution in [0.5, 0.6) is 0 Å². The van der Waals surface area contributed by atoms with Crippen LogP contribution in [0.15, 0.2) is 54.3 Å². The summed E-state index contributed by atoms with van der Waals surface area (Å²) in [4.78, 5) is 1.96. The molecular weight excluding hydrogens is 222 g/mol. The molecule has 0 atom stereocenters. The fraction of sp³-hybridized carbons (Fsp3) is 0.133. The highest BCUT2D eigenvalue weighted by molar-refractivity contribution is 6.03. The van der Waals surface area contributed by atoms with E-state index < -0.39 is 0 Å². The molecule has 0 aromatic heterocycles. The third-order valence-electron chi connectivity index (χ3n) is 3.02. The molecule has 1 aliphatic rings. The van der Waals surface area contributed by atoms with Crippen LogP contribution in [0.25, 0.3) is 6.08 Å². The highest BCUT2D eigenvalue weighted by atomic mass is 15.3. The van der Waals surface area contributed by atoms with Gasteiger partial charge in [-0.25, -0.2) is 0 Å². The van der Waals surface area contributed by atoms with Gasteiger partial charge in [0, 0.05) is 11.3 Å². The Morgan fingerprint density at radius 3 is 2.89 bits per heavy atom. The molecule has 0 radical (unpaired) electrons. The molecule has 1 aromatic carbocycles. The van der Waals surface area contributed by atoms with Crippen molar-refractivity contribution in [2.24, 2.45) is 10.9 Å². The summed E-state index contributed by atoms with van der Waals surface area (Å²) >= 11 is 0. The average Bonchev–Trinajstić information content (AvgIpc) is 2.38. The van der Waals surface area contributed by atoms with Crippen molar-refractivity contribution in [3.8, 4) is 0 Å². The van der Waals surface area contributed by atoms with Crippen LogP contribution in [0.3, 0.4) is 0 Å². The van der Waals surface area contributed by atoms with E-state index in [0.29, 0.717) is 0 Å². The molecule has 1 aliphatic heterocycles. The van der Waals surface area contributed by atoms with Crippen molar-refractivity contribution < 1.29 is 0 Å². The predicted octanol–water partition coefficient (Wildman–Crippen LogP) is 3.05. The van der Waals surface area contributed by atoms with E-state index in [1.165, 1.54) is 11.1 Å². The Kier molecular flexibility index (Phi) is 3.33. The summed E-state index contributed by atoms with van der Waals surface area (Å²) in [6.45, 7) is 9.68. The first-order valence-electron chi connectivity index (χ1n) is 5.83. The first kappa shape index (κ1) is 12.2. The van der Waals surface area contributed by atoms with Crippen molar-refractivity contribution >= 4 is 17.6 Å². The topological polar surface area (TPSA) is 41.6 Å². The number of rotatable bonds is 2. The molecule has 0 aliphatic carbocycles. The number of fused-ring (bicyclic) bond motifs is 1. The zero-order valence-electron chi connectivity index (χ0n) is 10.6. The van der Waals surface area contributed by atoms with E-state index in [0.717, 1.165) is 23.6 Å². The van der Waals surface area contributed by atoms with Gasteiger partial charge < -0.3 is 5.84 Å². The van der Waals surface area contributed by atoms with Gasteiger partial charge in [-0.2, -0.15) is 5.10 Å². The van der Waals surface area contributed by atoms with Crippen molar-refractivity contribution in [3.05, 3.63) is 60.3 Å². The molecule has 0 spiro atoms. The molecule has 0 amide bonds. The van der Waals surface area contributed by atoms with Crippen LogP contribution in [0.4, 0.5) is 5.69 Å². The summed E-state index contributed by atoms with van der Waals surface area (Å²) in [6.07, 6.45) is 6.80. The lowest BCUT2D eigenvalue weighted by atomic mass is 9.98. The van der Waals surface area contributed by atoms with Crippen LogP contribution in [-0.4, -0.2) is 5.84 Å². The second-order valence-electron chi connectivity index (χ2n) is 4.18. The number of hydrogen-bond acceptors (Lipinski definition) is 2. The Balaban J connectivity index is 2.59. The van der Waals surface area contributed by atoms with Gasteiger partial charge in [-0.3, -0.25) is 4.90 Å². The average molecular weight is 239 g/mol. The molecule has 0 bridgehead atoms. The maximum absolute atomic E-state index is 5.38. The molecule has 2 rings (SSSR count). The largest absolute Gasteiger partial charge is 0.322 e. The number of amidine groups is 1. The molecule has 0 saturated carbocycles. The lowest BCUT2D eigenvalue weighted by Crippen LogP contribution is -2.30. The molecule has 92 valence electrons. The number of benzene rings is 1. The third kappa shape index (κ3) is 1.95. The van der Waals surface area contributed by atoms with E-state index in [1.807, 2.05) is 36.1 Å². The second-order valence-corrected chi connectivity index (χ2v) is 4.18. The van der Waals surface area contributed by atoms with Crippen LogP contribution >= 0.6 is 0 Å². The summed E-state index contributed by atoms with van der Waals surface area (Å²) in [7, 11) is 0. The summed E-state index contributed by atoms with van der Waals surface area (Å²) in [5.41, 5.74) is 4.34. The van der Waals surface area contributed by atoms with E-state index >= 15 is 0 Å². The maximum Gasteiger partial charge on any atom is 0.130 e. The van der Waals surface area contributed by atoms with Crippen LogP contribution in [0, 0.1) is 0 Å². The highest BCUT2D eigenvalue weighted by Crippen LogP contribution is 2.33. The zero-order chi connectivity index (χ0) is 13.1. The summed E-state index contributed by atoms with van der Waals surface area (Å²) in [5.74, 6) is 6.11. The summed E-state index contributed by atoms with van der Waals surface area (Å²) in [5, 5.41) is 3.76. The minimum atomic E-state index is 0.723. The van der Waals surface area contributed by atoms with Crippen molar-refractivity contribution in [1.82, 2.24) is 0 Å². The van der Waals surface area contributed by atoms with E-state index in [-0.39, 0.29) is 0 Å². The number of hydrazone groups is 1. The number of nitrogens with zero attached hydrogens (tertiary/aromatic N) is 2. The SMILES string of the molecule is C=CCc1cccc2c1C=CC(=C)N2/C(C)=N\N. The Bertz CT molecular complexity index is 553. The quantitative estimate of drug-likeness (QED) is 0.283. The molecule has 1 heterocycles. The Morgan fingerprint density at radius 2 is 2.22 bits per heavy atom. The normalized spacial score (nSPS) is 14.6. The van der Waals surface area contributed by atoms with Gasteiger partial charge in [0.1, 0.15) is 5.84 Å². The number of allylic oxidation sites excluding steroid dienone is 2. The van der Waals surface area contributed by atoms with Crippen LogP contribution in [0.2, 0.25) is 0 Å². The van der Waals surface area contributed by atoms with E-state index in [1.54, 1.807) is 0 Å². The highest BCUT2D eigenvalue weighted by Gasteiger charge is 2.20. The number of anilines is 1. The molecule has 2 N–H and O–H groups in total. The van der Waals surface area contributed by atoms with Crippen molar-refractivity contribution in [2.75, 3.05) is 4.90 Å². The second kappa shape index (κ2) is 4.92. The fourth-order valence-electron chi connectivity index (χ4n) is 2.17. The lowest BCUT2D eigenvalue weighted by Gasteiger charge is -2.30. The Morgan fingerprint density at radius 1 is 1.44 bits per heavy atom. The smallest absolute Gasteiger partial charge is 0.130 e. The molecular formula is C15H17N3. The predicted molar refractivity (Wildman–Crippen MR) is 78.3 cm³/mol. The van der Waals surface area contributed by atoms with Gasteiger partial charge in [0.15, 0.2) is 0 Å². The monoisotopic (exact) mass is 239 g/mol. The molecule has 3 heteroatoms. The summed E-state index contributed by atoms with van der Waals surface area (Å²) in [6, 6.07) is 6.18. The van der Waals surface area contributed by atoms with E-state index in [4.69, 9.17) is 5.84 Å². The molecule has 0 fully saturated rings. The van der Waals surface area contributed by atoms with E-state index in [9.17, 15) is 0 Å². The molecule has 18 heavy (non-hydrogen) atoms. The minimum Gasteiger partial charge on any atom is -0.322 e. The van der Waals surface area contributed by atoms with Crippen molar-refractivity contribution in [3.63, 3.8) is 0 Å². The van der Waals surface area contributed by atoms with Crippen LogP contribution < -0.4 is 10.7 Å². The fourth-order valence-corrected chi connectivity index (χ4v) is 2.17. The summed E-state index contributed by atoms with van der Waals surface area (Å²) < 4.78 is 0. The molecule has 0 unspecified atom stereocenters. The first-order valence-corrected chi connectivity index (χ1v) is 5.83.